The summed E-state index contributed by atoms with van der Waals surface area (Å²) in [5, 5.41) is 0.609. The molecular formula is C21H26ClNO5. The van der Waals surface area contributed by atoms with Crippen LogP contribution in [0.2, 0.25) is 5.02 Å². The SMILES string of the molecule is COC(=O)COCCCCN1C(=O)CC[C@@H]1/C=C/C(=O)Cc1cccc(Cl)c1. The zero-order valence-corrected chi connectivity index (χ0v) is 16.8. The van der Waals surface area contributed by atoms with E-state index < -0.39 is 5.97 Å². The molecule has 152 valence electrons. The Morgan fingerprint density at radius 1 is 1.32 bits per heavy atom. The molecule has 2 rings (SSSR count). The first-order valence-electron chi connectivity index (χ1n) is 9.39. The number of methoxy groups -OCH3 is 1. The van der Waals surface area contributed by atoms with Gasteiger partial charge in [0.05, 0.1) is 13.2 Å². The molecule has 0 aromatic heterocycles. The highest BCUT2D eigenvalue weighted by atomic mass is 35.5. The van der Waals surface area contributed by atoms with Crippen molar-refractivity contribution in [1.29, 1.82) is 0 Å². The number of ketones is 1. The number of carbonyl (C=O) groups excluding carboxylic acids is 3. The molecule has 0 radical (unpaired) electrons. The van der Waals surface area contributed by atoms with Crippen molar-refractivity contribution in [2.75, 3.05) is 26.9 Å². The van der Waals surface area contributed by atoms with Crippen LogP contribution in [0.5, 0.6) is 0 Å². The molecule has 0 bridgehead atoms. The van der Waals surface area contributed by atoms with Gasteiger partial charge in [0.1, 0.15) is 6.61 Å². The normalized spacial score (nSPS) is 16.7. The van der Waals surface area contributed by atoms with Gasteiger partial charge in [0.25, 0.3) is 0 Å². The molecule has 28 heavy (non-hydrogen) atoms. The van der Waals surface area contributed by atoms with Crippen molar-refractivity contribution in [3.8, 4) is 0 Å². The van der Waals surface area contributed by atoms with E-state index in [9.17, 15) is 14.4 Å². The lowest BCUT2D eigenvalue weighted by atomic mass is 10.1. The highest BCUT2D eigenvalue weighted by Gasteiger charge is 2.28. The molecule has 0 unspecified atom stereocenters. The van der Waals surface area contributed by atoms with Gasteiger partial charge in [-0.05, 0) is 43.0 Å². The molecule has 1 aromatic rings. The summed E-state index contributed by atoms with van der Waals surface area (Å²) in [6.07, 6.45) is 6.41. The van der Waals surface area contributed by atoms with Gasteiger partial charge in [0.15, 0.2) is 5.78 Å². The molecule has 1 saturated heterocycles. The number of amides is 1. The predicted molar refractivity (Wildman–Crippen MR) is 106 cm³/mol. The maximum atomic E-state index is 12.2. The monoisotopic (exact) mass is 407 g/mol. The van der Waals surface area contributed by atoms with Crippen LogP contribution in [0.1, 0.15) is 31.2 Å². The number of hydrogen-bond donors (Lipinski definition) is 0. The largest absolute Gasteiger partial charge is 0.467 e. The molecule has 0 aliphatic carbocycles. The Morgan fingerprint density at radius 2 is 2.14 bits per heavy atom. The van der Waals surface area contributed by atoms with Gasteiger partial charge < -0.3 is 14.4 Å². The second kappa shape index (κ2) is 11.6. The summed E-state index contributed by atoms with van der Waals surface area (Å²) in [6.45, 7) is 0.993. The van der Waals surface area contributed by atoms with Gasteiger partial charge in [-0.3, -0.25) is 9.59 Å². The van der Waals surface area contributed by atoms with Gasteiger partial charge in [0.2, 0.25) is 5.91 Å². The van der Waals surface area contributed by atoms with Crippen molar-refractivity contribution in [3.05, 3.63) is 47.0 Å². The number of benzene rings is 1. The summed E-state index contributed by atoms with van der Waals surface area (Å²) in [6, 6.07) is 7.19. The molecule has 1 fully saturated rings. The Bertz CT molecular complexity index is 719. The number of esters is 1. The lowest BCUT2D eigenvalue weighted by Gasteiger charge is -2.22. The molecule has 0 N–H and O–H groups in total. The van der Waals surface area contributed by atoms with Gasteiger partial charge in [-0.15, -0.1) is 0 Å². The maximum absolute atomic E-state index is 12.2. The number of ether oxygens (including phenoxy) is 2. The molecule has 1 aliphatic heterocycles. The number of nitrogens with zero attached hydrogens (tertiary/aromatic N) is 1. The Morgan fingerprint density at radius 3 is 2.89 bits per heavy atom. The fourth-order valence-electron chi connectivity index (χ4n) is 3.07. The third-order valence-electron chi connectivity index (χ3n) is 4.53. The minimum atomic E-state index is -0.401. The summed E-state index contributed by atoms with van der Waals surface area (Å²) in [7, 11) is 1.32. The Balaban J connectivity index is 1.75. The van der Waals surface area contributed by atoms with Gasteiger partial charge in [-0.1, -0.05) is 29.8 Å². The third kappa shape index (κ3) is 7.44. The first-order valence-corrected chi connectivity index (χ1v) is 9.77. The standard InChI is InChI=1S/C21H26ClNO5/c1-27-21(26)15-28-12-3-2-11-23-18(8-10-20(23)25)7-9-19(24)14-16-5-4-6-17(22)13-16/h4-7,9,13,18H,2-3,8,10-12,14-15H2,1H3/b9-7+/t18-/m0/s1. The smallest absolute Gasteiger partial charge is 0.331 e. The Hall–Kier alpha value is -2.18. The van der Waals surface area contributed by atoms with Crippen LogP contribution in [0, 0.1) is 0 Å². The lowest BCUT2D eigenvalue weighted by molar-refractivity contribution is -0.145. The van der Waals surface area contributed by atoms with Crippen molar-refractivity contribution in [1.82, 2.24) is 4.90 Å². The first kappa shape index (κ1) is 22.1. The van der Waals surface area contributed by atoms with E-state index in [1.54, 1.807) is 18.2 Å². The van der Waals surface area contributed by atoms with Crippen molar-refractivity contribution in [2.45, 2.75) is 38.1 Å². The van der Waals surface area contributed by atoms with E-state index in [4.69, 9.17) is 16.3 Å². The first-order chi connectivity index (χ1) is 13.5. The lowest BCUT2D eigenvalue weighted by Crippen LogP contribution is -2.33. The quantitative estimate of drug-likeness (QED) is 0.320. The summed E-state index contributed by atoms with van der Waals surface area (Å²) in [4.78, 5) is 37.1. The Kier molecular flexibility index (Phi) is 9.17. The highest BCUT2D eigenvalue weighted by molar-refractivity contribution is 6.30. The van der Waals surface area contributed by atoms with Crippen molar-refractivity contribution < 1.29 is 23.9 Å². The summed E-state index contributed by atoms with van der Waals surface area (Å²) < 4.78 is 9.70. The third-order valence-corrected chi connectivity index (χ3v) is 4.77. The van der Waals surface area contributed by atoms with Crippen LogP contribution in [0.4, 0.5) is 0 Å². The molecule has 0 spiro atoms. The number of rotatable bonds is 11. The van der Waals surface area contributed by atoms with Crippen LogP contribution >= 0.6 is 11.6 Å². The van der Waals surface area contributed by atoms with Gasteiger partial charge in [0, 0.05) is 31.0 Å². The van der Waals surface area contributed by atoms with Crippen LogP contribution in [-0.4, -0.2) is 55.5 Å². The average molecular weight is 408 g/mol. The molecular weight excluding hydrogens is 382 g/mol. The van der Waals surface area contributed by atoms with Crippen LogP contribution in [0.25, 0.3) is 0 Å². The number of carbonyl (C=O) groups is 3. The zero-order valence-electron chi connectivity index (χ0n) is 16.1. The topological polar surface area (TPSA) is 72.9 Å². The van der Waals surface area contributed by atoms with Gasteiger partial charge >= 0.3 is 5.97 Å². The van der Waals surface area contributed by atoms with E-state index in [-0.39, 0.29) is 30.8 Å². The molecule has 0 saturated carbocycles. The number of hydrogen-bond acceptors (Lipinski definition) is 5. The fourth-order valence-corrected chi connectivity index (χ4v) is 3.29. The van der Waals surface area contributed by atoms with Gasteiger partial charge in [-0.25, -0.2) is 4.79 Å². The van der Waals surface area contributed by atoms with E-state index >= 15 is 0 Å². The zero-order chi connectivity index (χ0) is 20.4. The molecule has 1 amide bonds. The molecule has 1 aliphatic rings. The predicted octanol–water partition coefficient (Wildman–Crippen LogP) is 2.97. The van der Waals surface area contributed by atoms with Crippen molar-refractivity contribution in [3.63, 3.8) is 0 Å². The molecule has 7 heteroatoms. The number of likely N-dealkylation sites (tertiary alicyclic amines) is 1. The molecule has 1 heterocycles. The van der Waals surface area contributed by atoms with Crippen LogP contribution in [0.15, 0.2) is 36.4 Å². The molecule has 1 aromatic carbocycles. The average Bonchev–Trinajstić information content (AvgIpc) is 3.02. The minimum Gasteiger partial charge on any atom is -0.467 e. The summed E-state index contributed by atoms with van der Waals surface area (Å²) in [5.74, 6) is -0.312. The highest BCUT2D eigenvalue weighted by Crippen LogP contribution is 2.20. The van der Waals surface area contributed by atoms with Crippen LogP contribution < -0.4 is 0 Å². The fraction of sp³-hybridized carbons (Fsp3) is 0.476. The minimum absolute atomic E-state index is 0.0159. The second-order valence-corrected chi connectivity index (χ2v) is 7.10. The van der Waals surface area contributed by atoms with E-state index in [2.05, 4.69) is 4.74 Å². The van der Waals surface area contributed by atoms with Gasteiger partial charge in [-0.2, -0.15) is 0 Å². The summed E-state index contributed by atoms with van der Waals surface area (Å²) >= 11 is 5.94. The number of unbranched alkanes of at least 4 members (excludes halogenated alkanes) is 1. The van der Waals surface area contributed by atoms with E-state index in [1.165, 1.54) is 7.11 Å². The van der Waals surface area contributed by atoms with E-state index in [0.717, 1.165) is 24.8 Å². The molecule has 6 nitrogen and oxygen atoms in total. The van der Waals surface area contributed by atoms with E-state index in [1.807, 2.05) is 23.1 Å². The number of halogens is 1. The van der Waals surface area contributed by atoms with Crippen LogP contribution in [-0.2, 0) is 30.3 Å². The number of allylic oxidation sites excluding steroid dienone is 1. The van der Waals surface area contributed by atoms with Crippen LogP contribution in [0.3, 0.4) is 0 Å². The van der Waals surface area contributed by atoms with E-state index in [0.29, 0.717) is 24.6 Å². The Labute approximate surface area is 170 Å². The molecule has 1 atom stereocenters. The summed E-state index contributed by atoms with van der Waals surface area (Å²) in [5.41, 5.74) is 0.869. The maximum Gasteiger partial charge on any atom is 0.331 e. The van der Waals surface area contributed by atoms with Crippen molar-refractivity contribution >= 4 is 29.3 Å². The second-order valence-electron chi connectivity index (χ2n) is 6.66. The van der Waals surface area contributed by atoms with Crippen molar-refractivity contribution in [2.24, 2.45) is 0 Å².